The molecular formula is C11H20N4O3S. The summed E-state index contributed by atoms with van der Waals surface area (Å²) < 4.78 is 32.0. The fraction of sp³-hybridized carbons (Fsp3) is 0.727. The maximum Gasteiger partial charge on any atom is 0.260 e. The largest absolute Gasteiger partial charge is 0.377 e. The summed E-state index contributed by atoms with van der Waals surface area (Å²) in [5.74, 6) is 0. The van der Waals surface area contributed by atoms with Crippen LogP contribution in [0.5, 0.6) is 0 Å². The van der Waals surface area contributed by atoms with Gasteiger partial charge in [-0.3, -0.25) is 5.10 Å². The predicted molar refractivity (Wildman–Crippen MR) is 69.9 cm³/mol. The van der Waals surface area contributed by atoms with E-state index < -0.39 is 10.0 Å². The van der Waals surface area contributed by atoms with Crippen LogP contribution in [0.4, 0.5) is 0 Å². The summed E-state index contributed by atoms with van der Waals surface area (Å²) >= 11 is 0. The molecule has 0 bridgehead atoms. The van der Waals surface area contributed by atoms with E-state index in [0.29, 0.717) is 25.3 Å². The van der Waals surface area contributed by atoms with Crippen molar-refractivity contribution in [2.75, 3.05) is 19.7 Å². The molecular weight excluding hydrogens is 268 g/mol. The van der Waals surface area contributed by atoms with Crippen molar-refractivity contribution in [2.45, 2.75) is 37.4 Å². The van der Waals surface area contributed by atoms with Crippen molar-refractivity contribution in [3.8, 4) is 0 Å². The van der Waals surface area contributed by atoms with Crippen LogP contribution >= 0.6 is 0 Å². The summed E-state index contributed by atoms with van der Waals surface area (Å²) in [5, 5.41) is 6.41. The number of rotatable bonds is 5. The topological polar surface area (TPSA) is 101 Å². The first-order valence-electron chi connectivity index (χ1n) is 6.43. The molecule has 1 unspecified atom stereocenters. The highest BCUT2D eigenvalue weighted by atomic mass is 32.2. The number of aromatic amines is 1. The van der Waals surface area contributed by atoms with E-state index in [0.717, 1.165) is 12.8 Å². The van der Waals surface area contributed by atoms with Crippen molar-refractivity contribution in [1.29, 1.82) is 0 Å². The maximum absolute atomic E-state index is 12.5. The molecule has 0 spiro atoms. The smallest absolute Gasteiger partial charge is 0.260 e. The van der Waals surface area contributed by atoms with Gasteiger partial charge in [0.2, 0.25) is 0 Å². The van der Waals surface area contributed by atoms with Gasteiger partial charge < -0.3 is 10.5 Å². The number of nitrogens with zero attached hydrogens (tertiary/aromatic N) is 2. The number of nitrogens with one attached hydrogen (secondary N) is 1. The minimum absolute atomic E-state index is 0.0298. The van der Waals surface area contributed by atoms with Gasteiger partial charge in [-0.05, 0) is 19.8 Å². The van der Waals surface area contributed by atoms with E-state index in [-0.39, 0.29) is 17.7 Å². The van der Waals surface area contributed by atoms with Crippen LogP contribution in [-0.2, 0) is 21.3 Å². The van der Waals surface area contributed by atoms with E-state index in [1.807, 2.05) is 6.92 Å². The van der Waals surface area contributed by atoms with Gasteiger partial charge in [0.1, 0.15) is 0 Å². The zero-order valence-electron chi connectivity index (χ0n) is 11.0. The molecule has 19 heavy (non-hydrogen) atoms. The highest BCUT2D eigenvalue weighted by molar-refractivity contribution is 7.89. The molecule has 8 heteroatoms. The highest BCUT2D eigenvalue weighted by Gasteiger charge is 2.32. The van der Waals surface area contributed by atoms with Gasteiger partial charge in [-0.1, -0.05) is 0 Å². The summed E-state index contributed by atoms with van der Waals surface area (Å²) in [5.41, 5.74) is 6.04. The van der Waals surface area contributed by atoms with Crippen LogP contribution in [0.25, 0.3) is 0 Å². The third kappa shape index (κ3) is 2.97. The normalized spacial score (nSPS) is 21.7. The fourth-order valence-corrected chi connectivity index (χ4v) is 3.92. The van der Waals surface area contributed by atoms with Crippen LogP contribution in [0.3, 0.4) is 0 Å². The van der Waals surface area contributed by atoms with Crippen LogP contribution in [-0.4, -0.2) is 48.7 Å². The lowest BCUT2D eigenvalue weighted by molar-refractivity contribution is 0.0264. The molecule has 1 atom stereocenters. The monoisotopic (exact) mass is 288 g/mol. The van der Waals surface area contributed by atoms with Gasteiger partial charge in [0, 0.05) is 31.8 Å². The molecule has 1 aromatic rings. The molecule has 0 aromatic carbocycles. The molecule has 0 amide bonds. The first kappa shape index (κ1) is 14.4. The Bertz CT molecular complexity index is 512. The first-order chi connectivity index (χ1) is 9.09. The number of nitrogens with two attached hydrogens (primary N) is 1. The molecule has 0 aliphatic carbocycles. The van der Waals surface area contributed by atoms with Crippen molar-refractivity contribution < 1.29 is 13.2 Å². The SMILES string of the molecule is CCOC1CCCN(S(=O)(=O)c2[nH]ncc2CN)C1. The average molecular weight is 288 g/mol. The number of sulfonamides is 1. The number of H-pyrrole nitrogens is 1. The number of piperidine rings is 1. The quantitative estimate of drug-likeness (QED) is 0.797. The standard InChI is InChI=1S/C11H20N4O3S/c1-2-18-10-4-3-5-15(8-10)19(16,17)11-9(6-12)7-13-14-11/h7,10H,2-6,8,12H2,1H3,(H,13,14). The Morgan fingerprint density at radius 3 is 3.11 bits per heavy atom. The van der Waals surface area contributed by atoms with E-state index in [1.165, 1.54) is 10.5 Å². The average Bonchev–Trinajstić information content (AvgIpc) is 2.88. The lowest BCUT2D eigenvalue weighted by atomic mass is 10.1. The fourth-order valence-electron chi connectivity index (χ4n) is 2.29. The lowest BCUT2D eigenvalue weighted by Crippen LogP contribution is -2.43. The summed E-state index contributed by atoms with van der Waals surface area (Å²) in [4.78, 5) is 0. The van der Waals surface area contributed by atoms with Crippen molar-refractivity contribution >= 4 is 10.0 Å². The van der Waals surface area contributed by atoms with Gasteiger partial charge in [0.05, 0.1) is 12.3 Å². The molecule has 1 aromatic heterocycles. The Balaban J connectivity index is 2.20. The molecule has 108 valence electrons. The molecule has 1 aliphatic heterocycles. The van der Waals surface area contributed by atoms with Crippen molar-refractivity contribution in [3.05, 3.63) is 11.8 Å². The molecule has 0 saturated carbocycles. The molecule has 7 nitrogen and oxygen atoms in total. The van der Waals surface area contributed by atoms with Crippen molar-refractivity contribution in [3.63, 3.8) is 0 Å². The molecule has 2 heterocycles. The second kappa shape index (κ2) is 6.00. The van der Waals surface area contributed by atoms with Gasteiger partial charge >= 0.3 is 0 Å². The zero-order valence-corrected chi connectivity index (χ0v) is 11.8. The number of ether oxygens (including phenoxy) is 1. The molecule has 1 fully saturated rings. The second-order valence-electron chi connectivity index (χ2n) is 4.51. The Kier molecular flexibility index (Phi) is 4.56. The Labute approximate surface area is 113 Å². The predicted octanol–water partition coefficient (Wildman–Crippen LogP) is 0.0580. The molecule has 3 N–H and O–H groups in total. The summed E-state index contributed by atoms with van der Waals surface area (Å²) in [6.07, 6.45) is 3.12. The van der Waals surface area contributed by atoms with Gasteiger partial charge in [0.15, 0.2) is 5.03 Å². The molecule has 1 saturated heterocycles. The number of aromatic nitrogens is 2. The van der Waals surface area contributed by atoms with E-state index in [9.17, 15) is 8.42 Å². The Morgan fingerprint density at radius 2 is 2.42 bits per heavy atom. The van der Waals surface area contributed by atoms with Crippen LogP contribution in [0.1, 0.15) is 25.3 Å². The van der Waals surface area contributed by atoms with Crippen LogP contribution in [0.2, 0.25) is 0 Å². The van der Waals surface area contributed by atoms with Gasteiger partial charge in [-0.15, -0.1) is 0 Å². The summed E-state index contributed by atoms with van der Waals surface area (Å²) in [7, 11) is -3.56. The van der Waals surface area contributed by atoms with Gasteiger partial charge in [-0.25, -0.2) is 8.42 Å². The Morgan fingerprint density at radius 1 is 1.63 bits per heavy atom. The zero-order chi connectivity index (χ0) is 13.9. The molecule has 0 radical (unpaired) electrons. The molecule has 2 rings (SSSR count). The van der Waals surface area contributed by atoms with Crippen LogP contribution in [0.15, 0.2) is 11.2 Å². The minimum atomic E-state index is -3.56. The van der Waals surface area contributed by atoms with E-state index in [1.54, 1.807) is 0 Å². The highest BCUT2D eigenvalue weighted by Crippen LogP contribution is 2.22. The lowest BCUT2D eigenvalue weighted by Gasteiger charge is -2.31. The van der Waals surface area contributed by atoms with Crippen LogP contribution in [0, 0.1) is 0 Å². The molecule has 1 aliphatic rings. The second-order valence-corrected chi connectivity index (χ2v) is 6.39. The van der Waals surface area contributed by atoms with Gasteiger partial charge in [-0.2, -0.15) is 9.40 Å². The van der Waals surface area contributed by atoms with E-state index >= 15 is 0 Å². The van der Waals surface area contributed by atoms with E-state index in [4.69, 9.17) is 10.5 Å². The maximum atomic E-state index is 12.5. The number of hydrogen-bond donors (Lipinski definition) is 2. The summed E-state index contributed by atoms with van der Waals surface area (Å²) in [6, 6.07) is 0. The van der Waals surface area contributed by atoms with E-state index in [2.05, 4.69) is 10.2 Å². The number of hydrogen-bond acceptors (Lipinski definition) is 5. The van der Waals surface area contributed by atoms with Gasteiger partial charge in [0.25, 0.3) is 10.0 Å². The Hall–Kier alpha value is -0.960. The third-order valence-corrected chi connectivity index (χ3v) is 5.12. The summed E-state index contributed by atoms with van der Waals surface area (Å²) in [6.45, 7) is 3.55. The van der Waals surface area contributed by atoms with Crippen molar-refractivity contribution in [1.82, 2.24) is 14.5 Å². The van der Waals surface area contributed by atoms with Crippen LogP contribution < -0.4 is 5.73 Å². The first-order valence-corrected chi connectivity index (χ1v) is 7.87. The third-order valence-electron chi connectivity index (χ3n) is 3.24. The minimum Gasteiger partial charge on any atom is -0.377 e. The van der Waals surface area contributed by atoms with Crippen molar-refractivity contribution in [2.24, 2.45) is 5.73 Å².